The Morgan fingerprint density at radius 3 is 1.78 bits per heavy atom. The first kappa shape index (κ1) is 29.5. The number of aromatic nitrogens is 4. The number of halogens is 8. The van der Waals surface area contributed by atoms with E-state index in [1.807, 2.05) is 4.98 Å². The number of rotatable bonds is 2. The molecule has 3 heterocycles. The maximum absolute atomic E-state index is 13.3. The minimum absolute atomic E-state index is 0. The van der Waals surface area contributed by atoms with Crippen LogP contribution >= 0.6 is 0 Å². The van der Waals surface area contributed by atoms with Crippen LogP contribution in [0.1, 0.15) is 11.1 Å². The zero-order valence-corrected chi connectivity index (χ0v) is 20.1. The monoisotopic (exact) mass is 707 g/mol. The van der Waals surface area contributed by atoms with Gasteiger partial charge in [-0.3, -0.25) is 23.4 Å². The third-order valence-corrected chi connectivity index (χ3v) is 4.28. The predicted molar refractivity (Wildman–Crippen MR) is 108 cm³/mol. The van der Waals surface area contributed by atoms with Crippen molar-refractivity contribution in [3.8, 4) is 22.6 Å². The number of benzene rings is 1. The molecule has 37 heavy (non-hydrogen) atoms. The first-order valence-corrected chi connectivity index (χ1v) is 9.46. The Morgan fingerprint density at radius 1 is 0.811 bits per heavy atom. The normalized spacial score (nSPS) is 11.2. The van der Waals surface area contributed by atoms with E-state index in [1.54, 1.807) is 0 Å². The molecule has 0 bridgehead atoms. The molecule has 0 aliphatic carbocycles. The third kappa shape index (κ3) is 7.89. The van der Waals surface area contributed by atoms with Gasteiger partial charge in [0.05, 0.1) is 16.8 Å². The first-order valence-electron chi connectivity index (χ1n) is 9.46. The van der Waals surface area contributed by atoms with E-state index in [-0.39, 0.29) is 42.8 Å². The van der Waals surface area contributed by atoms with Gasteiger partial charge in [-0.1, -0.05) is 23.8 Å². The van der Waals surface area contributed by atoms with Gasteiger partial charge < -0.3 is 15.0 Å². The average Bonchev–Trinajstić information content (AvgIpc) is 2.78. The van der Waals surface area contributed by atoms with Gasteiger partial charge in [-0.2, -0.15) is 26.3 Å². The van der Waals surface area contributed by atoms with Gasteiger partial charge in [0.25, 0.3) is 0 Å². The van der Waals surface area contributed by atoms with E-state index in [4.69, 9.17) is 0 Å². The second-order valence-electron chi connectivity index (χ2n) is 6.84. The Kier molecular flexibility index (Phi) is 9.22. The molecule has 0 unspecified atom stereocenters. The van der Waals surface area contributed by atoms with Crippen LogP contribution in [0.5, 0.6) is 0 Å². The van der Waals surface area contributed by atoms with Crippen molar-refractivity contribution in [1.82, 2.24) is 19.9 Å². The van der Waals surface area contributed by atoms with Crippen LogP contribution in [0.4, 0.5) is 35.1 Å². The summed E-state index contributed by atoms with van der Waals surface area (Å²) in [7, 11) is 0. The van der Waals surface area contributed by atoms with Crippen molar-refractivity contribution in [3.63, 3.8) is 0 Å². The Morgan fingerprint density at radius 2 is 1.35 bits per heavy atom. The van der Waals surface area contributed by atoms with E-state index in [1.165, 1.54) is 0 Å². The molecule has 4 rings (SSSR count). The van der Waals surface area contributed by atoms with E-state index >= 15 is 0 Å². The van der Waals surface area contributed by atoms with Gasteiger partial charge in [0, 0.05) is 44.1 Å². The molecule has 0 amide bonds. The van der Waals surface area contributed by atoms with Gasteiger partial charge in [0.15, 0.2) is 11.2 Å². The van der Waals surface area contributed by atoms with Gasteiger partial charge in [0.2, 0.25) is 0 Å². The minimum atomic E-state index is -4.50. The number of nitrogens with one attached hydrogen (secondary N) is 1. The van der Waals surface area contributed by atoms with Crippen LogP contribution in [0.25, 0.3) is 22.6 Å². The summed E-state index contributed by atoms with van der Waals surface area (Å²) >= 11 is 0. The second kappa shape index (κ2) is 11.6. The summed E-state index contributed by atoms with van der Waals surface area (Å²) in [6.07, 6.45) is -7.79. The molecule has 0 atom stereocenters. The van der Waals surface area contributed by atoms with Crippen molar-refractivity contribution in [2.24, 2.45) is 0 Å². The maximum Gasteiger partial charge on any atom is 0.417 e. The fourth-order valence-corrected chi connectivity index (χ4v) is 2.63. The molecule has 4 aromatic rings. The van der Waals surface area contributed by atoms with Crippen LogP contribution in [0.15, 0.2) is 64.4 Å². The number of H-pyrrole nitrogens is 1. The average molecular weight is 707 g/mol. The molecule has 0 saturated carbocycles. The van der Waals surface area contributed by atoms with Gasteiger partial charge >= 0.3 is 12.4 Å². The summed E-state index contributed by atoms with van der Waals surface area (Å²) in [6.45, 7) is 0. The molecule has 0 aliphatic heterocycles. The third-order valence-electron chi connectivity index (χ3n) is 4.28. The number of hydrogen-bond acceptors (Lipinski definition) is 4. The van der Waals surface area contributed by atoms with Crippen LogP contribution < -0.4 is 16.2 Å². The van der Waals surface area contributed by atoms with E-state index in [0.29, 0.717) is 18.5 Å². The van der Waals surface area contributed by atoms with Crippen molar-refractivity contribution >= 4 is 0 Å². The number of hydrogen-bond donors (Lipinski definition) is 1. The summed E-state index contributed by atoms with van der Waals surface area (Å²) in [5, 5.41) is 0. The predicted octanol–water partition coefficient (Wildman–Crippen LogP) is 4.62. The Bertz CT molecular complexity index is 1440. The van der Waals surface area contributed by atoms with Gasteiger partial charge in [-0.25, -0.2) is 0 Å². The summed E-state index contributed by atoms with van der Waals surface area (Å²) < 4.78 is 99.7. The Hall–Kier alpha value is -3.71. The molecule has 1 radical (unpaired) electrons. The topological polar surface area (TPSA) is 89.8 Å². The largest absolute Gasteiger partial charge is 0.417 e. The standard InChI is InChI=1S/C12H5F5N.C10H6F3N3O2.Ir/c13-8-2-3-9(10(14)5-8)11-4-1-7(6-18-11)12(15,16)17;11-10(12,13)5-1-2-6(14-4-5)7-3-8(17)16-9(18)15-7;/h1-2,4-6H;1-4H,(H2,15,16,17,18);/q-1;;/p-1. The van der Waals surface area contributed by atoms with Crippen molar-refractivity contribution < 1.29 is 55.2 Å². The number of pyridine rings is 2. The summed E-state index contributed by atoms with van der Waals surface area (Å²) in [4.78, 5) is 34.3. The Balaban J connectivity index is 0.000000253. The molecule has 3 aromatic heterocycles. The zero-order valence-electron chi connectivity index (χ0n) is 17.7. The SMILES string of the molecule is Fc1c[c-]c(-c2ccc(C(F)(F)F)cn2)c(F)c1.O=c1cc(-c2ccc(C(F)(F)F)cn2)[n-]c(=O)[nH]1.[Ir]. The van der Waals surface area contributed by atoms with Gasteiger partial charge in [0.1, 0.15) is 0 Å². The second-order valence-corrected chi connectivity index (χ2v) is 6.84. The van der Waals surface area contributed by atoms with Crippen LogP contribution in [-0.2, 0) is 32.5 Å². The molecule has 0 spiro atoms. The van der Waals surface area contributed by atoms with E-state index in [0.717, 1.165) is 36.4 Å². The van der Waals surface area contributed by atoms with E-state index < -0.39 is 46.4 Å². The van der Waals surface area contributed by atoms with Crippen molar-refractivity contribution in [1.29, 1.82) is 0 Å². The molecule has 0 fully saturated rings. The van der Waals surface area contributed by atoms with E-state index in [9.17, 15) is 44.7 Å². The van der Waals surface area contributed by atoms with Gasteiger partial charge in [-0.15, -0.1) is 12.1 Å². The molecule has 197 valence electrons. The maximum atomic E-state index is 13.3. The van der Waals surface area contributed by atoms with Crippen LogP contribution in [0, 0.1) is 17.7 Å². The molecule has 1 N–H and O–H groups in total. The van der Waals surface area contributed by atoms with Crippen LogP contribution in [0.2, 0.25) is 0 Å². The van der Waals surface area contributed by atoms with Crippen molar-refractivity contribution in [2.45, 2.75) is 12.4 Å². The molecular weight excluding hydrogens is 696 g/mol. The van der Waals surface area contributed by atoms with Crippen molar-refractivity contribution in [3.05, 3.63) is 105 Å². The Labute approximate surface area is 214 Å². The van der Waals surface area contributed by atoms with Crippen LogP contribution in [-0.4, -0.2) is 15.0 Å². The fraction of sp³-hybridized carbons (Fsp3) is 0.0909. The number of alkyl halides is 6. The molecular formula is C22H10F8IrN4O2-2. The van der Waals surface area contributed by atoms with Gasteiger partial charge in [-0.05, 0) is 29.6 Å². The molecule has 15 heteroatoms. The number of aromatic amines is 1. The molecule has 6 nitrogen and oxygen atoms in total. The molecule has 1 aromatic carbocycles. The zero-order chi connectivity index (χ0) is 26.7. The fourth-order valence-electron chi connectivity index (χ4n) is 2.63. The van der Waals surface area contributed by atoms with Crippen molar-refractivity contribution in [2.75, 3.05) is 0 Å². The summed E-state index contributed by atoms with van der Waals surface area (Å²) in [5.74, 6) is -1.74. The molecule has 0 aliphatic rings. The smallest absolute Gasteiger partial charge is 0.399 e. The minimum Gasteiger partial charge on any atom is -0.399 e. The van der Waals surface area contributed by atoms with E-state index in [2.05, 4.69) is 21.0 Å². The summed E-state index contributed by atoms with van der Waals surface area (Å²) in [6, 6.07) is 8.41. The summed E-state index contributed by atoms with van der Waals surface area (Å²) in [5.41, 5.74) is -3.69. The van der Waals surface area contributed by atoms with Crippen LogP contribution in [0.3, 0.4) is 0 Å². The quantitative estimate of drug-likeness (QED) is 0.243. The molecule has 0 saturated heterocycles. The first-order chi connectivity index (χ1) is 16.7. The number of nitrogens with zero attached hydrogens (tertiary/aromatic N) is 3.